The monoisotopic (exact) mass is 326 g/mol. The molecule has 4 rings (SSSR count). The van der Waals surface area contributed by atoms with Crippen LogP contribution in [0.15, 0.2) is 24.3 Å². The average molecular weight is 326 g/mol. The summed E-state index contributed by atoms with van der Waals surface area (Å²) in [4.78, 5) is 14.9. The molecule has 1 aromatic carbocycles. The maximum atomic E-state index is 12.9. The molecule has 130 valence electrons. The van der Waals surface area contributed by atoms with Gasteiger partial charge in [-0.15, -0.1) is 0 Å². The highest BCUT2D eigenvalue weighted by Crippen LogP contribution is 2.33. The number of fused-ring (bicyclic) bond motifs is 2. The van der Waals surface area contributed by atoms with Crippen LogP contribution in [0.5, 0.6) is 0 Å². The standard InChI is InChI=1S/C21H30N2O/c1-23(20-13-18-11-12-19(14-20)22-18)21(24)17-9-7-16(8-10-17)15-5-3-2-4-6-15/h7-10,15,18-20,22H,2-6,11-14H2,1H3. The van der Waals surface area contributed by atoms with Gasteiger partial charge in [-0.3, -0.25) is 4.79 Å². The summed E-state index contributed by atoms with van der Waals surface area (Å²) in [6, 6.07) is 10.1. The zero-order chi connectivity index (χ0) is 16.5. The second kappa shape index (κ2) is 6.87. The van der Waals surface area contributed by atoms with E-state index in [0.29, 0.717) is 24.0 Å². The van der Waals surface area contributed by atoms with Crippen molar-refractivity contribution >= 4 is 5.91 Å². The average Bonchev–Trinajstić information content (AvgIpc) is 2.99. The maximum Gasteiger partial charge on any atom is 0.253 e. The Morgan fingerprint density at radius 3 is 2.21 bits per heavy atom. The van der Waals surface area contributed by atoms with E-state index in [1.54, 1.807) is 0 Å². The van der Waals surface area contributed by atoms with Crippen molar-refractivity contribution in [3.63, 3.8) is 0 Å². The van der Waals surface area contributed by atoms with Crippen molar-refractivity contribution in [3.8, 4) is 0 Å². The minimum Gasteiger partial charge on any atom is -0.339 e. The lowest BCUT2D eigenvalue weighted by Gasteiger charge is -2.35. The Kier molecular flexibility index (Phi) is 4.62. The number of hydrogen-bond donors (Lipinski definition) is 1. The van der Waals surface area contributed by atoms with Crippen LogP contribution in [-0.4, -0.2) is 36.0 Å². The summed E-state index contributed by atoms with van der Waals surface area (Å²) in [5, 5.41) is 3.66. The van der Waals surface area contributed by atoms with Gasteiger partial charge in [0.25, 0.3) is 5.91 Å². The number of carbonyl (C=O) groups is 1. The molecule has 1 aromatic rings. The predicted molar refractivity (Wildman–Crippen MR) is 97.3 cm³/mol. The number of nitrogens with one attached hydrogen (secondary N) is 1. The number of benzene rings is 1. The smallest absolute Gasteiger partial charge is 0.253 e. The molecule has 2 saturated heterocycles. The molecule has 1 amide bonds. The van der Waals surface area contributed by atoms with Gasteiger partial charge in [-0.2, -0.15) is 0 Å². The Labute approximate surface area is 145 Å². The lowest BCUT2D eigenvalue weighted by Crippen LogP contribution is -2.48. The summed E-state index contributed by atoms with van der Waals surface area (Å²) in [7, 11) is 1.99. The first kappa shape index (κ1) is 16.1. The minimum atomic E-state index is 0.191. The molecule has 0 aromatic heterocycles. The summed E-state index contributed by atoms with van der Waals surface area (Å²) in [5.41, 5.74) is 2.27. The molecule has 2 heterocycles. The Balaban J connectivity index is 1.42. The Morgan fingerprint density at radius 2 is 1.58 bits per heavy atom. The number of nitrogens with zero attached hydrogens (tertiary/aromatic N) is 1. The van der Waals surface area contributed by atoms with Crippen LogP contribution in [0.4, 0.5) is 0 Å². The molecule has 3 nitrogen and oxygen atoms in total. The van der Waals surface area contributed by atoms with Crippen LogP contribution in [0.2, 0.25) is 0 Å². The number of carbonyl (C=O) groups excluding carboxylic acids is 1. The van der Waals surface area contributed by atoms with Gasteiger partial charge in [0.2, 0.25) is 0 Å². The molecule has 2 atom stereocenters. The third-order valence-corrected chi connectivity index (χ3v) is 6.55. The second-order valence-corrected chi connectivity index (χ2v) is 8.14. The van der Waals surface area contributed by atoms with E-state index in [0.717, 1.165) is 18.4 Å². The summed E-state index contributed by atoms with van der Waals surface area (Å²) in [6.45, 7) is 0. The molecule has 24 heavy (non-hydrogen) atoms. The van der Waals surface area contributed by atoms with Crippen molar-refractivity contribution < 1.29 is 4.79 Å². The molecule has 3 aliphatic rings. The summed E-state index contributed by atoms with van der Waals surface area (Å²) in [5.74, 6) is 0.900. The van der Waals surface area contributed by atoms with Crippen LogP contribution in [-0.2, 0) is 0 Å². The van der Waals surface area contributed by atoms with Crippen LogP contribution in [0.3, 0.4) is 0 Å². The van der Waals surface area contributed by atoms with E-state index in [4.69, 9.17) is 0 Å². The SMILES string of the molecule is CN(C(=O)c1ccc(C2CCCCC2)cc1)C1CC2CCC(C1)N2. The zero-order valence-electron chi connectivity index (χ0n) is 14.8. The van der Waals surface area contributed by atoms with Gasteiger partial charge in [0, 0.05) is 30.7 Å². The first-order chi connectivity index (χ1) is 11.7. The third-order valence-electron chi connectivity index (χ3n) is 6.55. The van der Waals surface area contributed by atoms with Gasteiger partial charge in [-0.1, -0.05) is 31.4 Å². The van der Waals surface area contributed by atoms with Crippen LogP contribution < -0.4 is 5.32 Å². The summed E-state index contributed by atoms with van der Waals surface area (Å²) < 4.78 is 0. The molecular formula is C21H30N2O. The summed E-state index contributed by atoms with van der Waals surface area (Å²) in [6.07, 6.45) is 11.5. The van der Waals surface area contributed by atoms with Gasteiger partial charge in [0.15, 0.2) is 0 Å². The molecule has 1 N–H and O–H groups in total. The van der Waals surface area contributed by atoms with Gasteiger partial charge in [-0.05, 0) is 62.1 Å². The largest absolute Gasteiger partial charge is 0.339 e. The highest BCUT2D eigenvalue weighted by atomic mass is 16.2. The van der Waals surface area contributed by atoms with Gasteiger partial charge in [-0.25, -0.2) is 0 Å². The predicted octanol–water partition coefficient (Wildman–Crippen LogP) is 4.09. The number of amides is 1. The van der Waals surface area contributed by atoms with Crippen molar-refractivity contribution in [2.24, 2.45) is 0 Å². The van der Waals surface area contributed by atoms with Gasteiger partial charge in [0.05, 0.1) is 0 Å². The van der Waals surface area contributed by atoms with E-state index < -0.39 is 0 Å². The van der Waals surface area contributed by atoms with E-state index in [-0.39, 0.29) is 5.91 Å². The molecular weight excluding hydrogens is 296 g/mol. The van der Waals surface area contributed by atoms with Crippen molar-refractivity contribution in [2.45, 2.75) is 81.8 Å². The van der Waals surface area contributed by atoms with Crippen molar-refractivity contribution in [2.75, 3.05) is 7.05 Å². The highest BCUT2D eigenvalue weighted by Gasteiger charge is 2.36. The molecule has 2 unspecified atom stereocenters. The van der Waals surface area contributed by atoms with Crippen LogP contribution in [0.1, 0.15) is 79.6 Å². The van der Waals surface area contributed by atoms with Gasteiger partial charge in [0.1, 0.15) is 0 Å². The molecule has 1 aliphatic carbocycles. The molecule has 2 aliphatic heterocycles. The van der Waals surface area contributed by atoms with E-state index in [2.05, 4.69) is 29.6 Å². The fourth-order valence-electron chi connectivity index (χ4n) is 5.05. The fourth-order valence-corrected chi connectivity index (χ4v) is 5.05. The van der Waals surface area contributed by atoms with Crippen molar-refractivity contribution in [1.29, 1.82) is 0 Å². The van der Waals surface area contributed by atoms with Crippen molar-refractivity contribution in [1.82, 2.24) is 10.2 Å². The van der Waals surface area contributed by atoms with E-state index >= 15 is 0 Å². The molecule has 0 radical (unpaired) electrons. The molecule has 2 bridgehead atoms. The number of hydrogen-bond acceptors (Lipinski definition) is 2. The highest BCUT2D eigenvalue weighted by molar-refractivity contribution is 5.94. The van der Waals surface area contributed by atoms with Crippen LogP contribution in [0, 0.1) is 0 Å². The number of piperidine rings is 1. The van der Waals surface area contributed by atoms with Crippen molar-refractivity contribution in [3.05, 3.63) is 35.4 Å². The quantitative estimate of drug-likeness (QED) is 0.907. The molecule has 1 saturated carbocycles. The second-order valence-electron chi connectivity index (χ2n) is 8.14. The number of rotatable bonds is 3. The lowest BCUT2D eigenvalue weighted by molar-refractivity contribution is 0.0681. The third kappa shape index (κ3) is 3.23. The topological polar surface area (TPSA) is 32.3 Å². The first-order valence-electron chi connectivity index (χ1n) is 9.84. The molecule has 3 heteroatoms. The summed E-state index contributed by atoms with van der Waals surface area (Å²) >= 11 is 0. The van der Waals surface area contributed by atoms with Crippen LogP contribution in [0.25, 0.3) is 0 Å². The zero-order valence-corrected chi connectivity index (χ0v) is 14.8. The molecule has 0 spiro atoms. The van der Waals surface area contributed by atoms with Gasteiger partial charge < -0.3 is 10.2 Å². The lowest BCUT2D eigenvalue weighted by atomic mass is 9.84. The Bertz CT molecular complexity index is 564. The van der Waals surface area contributed by atoms with Gasteiger partial charge >= 0.3 is 0 Å². The van der Waals surface area contributed by atoms with E-state index in [1.165, 1.54) is 50.5 Å². The van der Waals surface area contributed by atoms with E-state index in [1.807, 2.05) is 11.9 Å². The van der Waals surface area contributed by atoms with E-state index in [9.17, 15) is 4.79 Å². The normalized spacial score (nSPS) is 30.3. The van der Waals surface area contributed by atoms with Crippen LogP contribution >= 0.6 is 0 Å². The first-order valence-corrected chi connectivity index (χ1v) is 9.84. The fraction of sp³-hybridized carbons (Fsp3) is 0.667. The minimum absolute atomic E-state index is 0.191. The maximum absolute atomic E-state index is 12.9. The Morgan fingerprint density at radius 1 is 0.958 bits per heavy atom. The molecule has 3 fully saturated rings. The Hall–Kier alpha value is -1.35.